The number of rotatable bonds is 4. The summed E-state index contributed by atoms with van der Waals surface area (Å²) in [5, 5.41) is 3.31. The summed E-state index contributed by atoms with van der Waals surface area (Å²) in [5.41, 5.74) is 2.00. The summed E-state index contributed by atoms with van der Waals surface area (Å²) in [4.78, 5) is 11.6. The van der Waals surface area contributed by atoms with Gasteiger partial charge in [0, 0.05) is 17.7 Å². The third-order valence-corrected chi connectivity index (χ3v) is 3.12. The fourth-order valence-electron chi connectivity index (χ4n) is 2.20. The van der Waals surface area contributed by atoms with Crippen molar-refractivity contribution in [2.75, 3.05) is 12.4 Å². The molecule has 0 spiro atoms. The highest BCUT2D eigenvalue weighted by Crippen LogP contribution is 2.38. The van der Waals surface area contributed by atoms with E-state index in [1.54, 1.807) is 7.11 Å². The maximum absolute atomic E-state index is 11.6. The molecule has 1 N–H and O–H groups in total. The average Bonchev–Trinajstić information content (AvgIpc) is 2.65. The van der Waals surface area contributed by atoms with Crippen LogP contribution in [0.3, 0.4) is 0 Å². The highest BCUT2D eigenvalue weighted by atomic mass is 16.5. The summed E-state index contributed by atoms with van der Waals surface area (Å²) in [7, 11) is 1.63. The molecule has 4 nitrogen and oxygen atoms in total. The fourth-order valence-corrected chi connectivity index (χ4v) is 2.20. The maximum Gasteiger partial charge on any atom is 0.306 e. The first kappa shape index (κ1) is 12.7. The quantitative estimate of drug-likeness (QED) is 0.833. The van der Waals surface area contributed by atoms with Crippen LogP contribution in [0.2, 0.25) is 0 Å². The van der Waals surface area contributed by atoms with Crippen LogP contribution in [0.25, 0.3) is 0 Å². The van der Waals surface area contributed by atoms with Crippen LogP contribution in [0.1, 0.15) is 38.4 Å². The highest BCUT2D eigenvalue weighted by molar-refractivity contribution is 5.71. The average molecular weight is 249 g/mol. The van der Waals surface area contributed by atoms with Crippen LogP contribution in [-0.2, 0) is 9.53 Å². The Labute approximate surface area is 107 Å². The molecular weight excluding hydrogens is 230 g/mol. The van der Waals surface area contributed by atoms with Crippen molar-refractivity contribution < 1.29 is 14.3 Å². The second-order valence-electron chi connectivity index (χ2n) is 4.55. The summed E-state index contributed by atoms with van der Waals surface area (Å²) in [6.45, 7) is 3.98. The van der Waals surface area contributed by atoms with E-state index in [9.17, 15) is 4.79 Å². The standard InChI is InChI=1S/C14H19NO3/c1-4-5-13(16)18-14-9(2)15-12-7-6-10(17-3)8-11(12)14/h6-9,14-15H,4-5H2,1-3H3. The molecule has 0 bridgehead atoms. The smallest absolute Gasteiger partial charge is 0.306 e. The Bertz CT molecular complexity index is 445. The van der Waals surface area contributed by atoms with Crippen LogP contribution in [0.15, 0.2) is 18.2 Å². The predicted octanol–water partition coefficient (Wildman–Crippen LogP) is 2.89. The van der Waals surface area contributed by atoms with Crippen molar-refractivity contribution in [2.24, 2.45) is 0 Å². The number of carbonyl (C=O) groups excluding carboxylic acids is 1. The summed E-state index contributed by atoms with van der Waals surface area (Å²) in [5.74, 6) is 0.632. The zero-order valence-electron chi connectivity index (χ0n) is 11.0. The highest BCUT2D eigenvalue weighted by Gasteiger charge is 2.32. The van der Waals surface area contributed by atoms with Crippen LogP contribution in [0.5, 0.6) is 5.75 Å². The Balaban J connectivity index is 2.20. The second-order valence-corrected chi connectivity index (χ2v) is 4.55. The van der Waals surface area contributed by atoms with Crippen molar-refractivity contribution in [3.8, 4) is 5.75 Å². The molecule has 2 rings (SSSR count). The number of hydrogen-bond donors (Lipinski definition) is 1. The van der Waals surface area contributed by atoms with Gasteiger partial charge in [-0.15, -0.1) is 0 Å². The molecule has 0 aliphatic carbocycles. The fraction of sp³-hybridized carbons (Fsp3) is 0.500. The zero-order valence-corrected chi connectivity index (χ0v) is 11.0. The van der Waals surface area contributed by atoms with Gasteiger partial charge in [-0.2, -0.15) is 0 Å². The predicted molar refractivity (Wildman–Crippen MR) is 69.8 cm³/mol. The van der Waals surface area contributed by atoms with E-state index in [4.69, 9.17) is 9.47 Å². The molecule has 0 saturated heterocycles. The molecule has 1 aliphatic heterocycles. The number of methoxy groups -OCH3 is 1. The molecule has 0 fully saturated rings. The second kappa shape index (κ2) is 5.29. The minimum absolute atomic E-state index is 0.0907. The molecule has 0 radical (unpaired) electrons. The van der Waals surface area contributed by atoms with Gasteiger partial charge < -0.3 is 14.8 Å². The molecule has 1 aromatic rings. The van der Waals surface area contributed by atoms with Gasteiger partial charge in [-0.3, -0.25) is 4.79 Å². The number of nitrogens with one attached hydrogen (secondary N) is 1. The van der Waals surface area contributed by atoms with Crippen LogP contribution < -0.4 is 10.1 Å². The van der Waals surface area contributed by atoms with E-state index in [1.165, 1.54) is 0 Å². The van der Waals surface area contributed by atoms with Crippen molar-refractivity contribution in [3.05, 3.63) is 23.8 Å². The molecule has 0 aromatic heterocycles. The Hall–Kier alpha value is -1.71. The van der Waals surface area contributed by atoms with Crippen molar-refractivity contribution in [2.45, 2.75) is 38.8 Å². The van der Waals surface area contributed by atoms with Crippen molar-refractivity contribution >= 4 is 11.7 Å². The van der Waals surface area contributed by atoms with E-state index in [0.717, 1.165) is 23.4 Å². The van der Waals surface area contributed by atoms with E-state index in [0.29, 0.717) is 6.42 Å². The third kappa shape index (κ3) is 2.42. The van der Waals surface area contributed by atoms with Gasteiger partial charge in [-0.05, 0) is 31.5 Å². The first-order valence-corrected chi connectivity index (χ1v) is 6.29. The van der Waals surface area contributed by atoms with Crippen LogP contribution in [0.4, 0.5) is 5.69 Å². The lowest BCUT2D eigenvalue weighted by Crippen LogP contribution is -2.21. The normalized spacial score (nSPS) is 21.1. The molecule has 2 atom stereocenters. The summed E-state index contributed by atoms with van der Waals surface area (Å²) in [6, 6.07) is 5.87. The number of benzene rings is 1. The molecular formula is C14H19NO3. The minimum Gasteiger partial charge on any atom is -0.497 e. The zero-order chi connectivity index (χ0) is 13.1. The summed E-state index contributed by atoms with van der Waals surface area (Å²) >= 11 is 0. The van der Waals surface area contributed by atoms with Gasteiger partial charge >= 0.3 is 5.97 Å². The van der Waals surface area contributed by atoms with E-state index in [2.05, 4.69) is 5.32 Å². The SMILES string of the molecule is CCCC(=O)OC1c2cc(OC)ccc2NC1C. The number of ether oxygens (including phenoxy) is 2. The van der Waals surface area contributed by atoms with Gasteiger partial charge in [0.25, 0.3) is 0 Å². The van der Waals surface area contributed by atoms with Crippen molar-refractivity contribution in [3.63, 3.8) is 0 Å². The van der Waals surface area contributed by atoms with E-state index in [1.807, 2.05) is 32.0 Å². The van der Waals surface area contributed by atoms with E-state index in [-0.39, 0.29) is 18.1 Å². The number of carbonyl (C=O) groups is 1. The number of anilines is 1. The number of fused-ring (bicyclic) bond motifs is 1. The number of hydrogen-bond acceptors (Lipinski definition) is 4. The largest absolute Gasteiger partial charge is 0.497 e. The van der Waals surface area contributed by atoms with Crippen molar-refractivity contribution in [1.29, 1.82) is 0 Å². The molecule has 98 valence electrons. The molecule has 0 amide bonds. The summed E-state index contributed by atoms with van der Waals surface area (Å²) < 4.78 is 10.7. The Morgan fingerprint density at radius 1 is 1.44 bits per heavy atom. The molecule has 2 unspecified atom stereocenters. The van der Waals surface area contributed by atoms with Gasteiger partial charge in [0.05, 0.1) is 13.2 Å². The van der Waals surface area contributed by atoms with Crippen molar-refractivity contribution in [1.82, 2.24) is 0 Å². The molecule has 1 heterocycles. The first-order valence-electron chi connectivity index (χ1n) is 6.29. The number of esters is 1. The molecule has 4 heteroatoms. The first-order chi connectivity index (χ1) is 8.65. The van der Waals surface area contributed by atoms with Gasteiger partial charge in [0.2, 0.25) is 0 Å². The van der Waals surface area contributed by atoms with E-state index >= 15 is 0 Å². The molecule has 0 saturated carbocycles. The molecule has 1 aliphatic rings. The lowest BCUT2D eigenvalue weighted by atomic mass is 10.1. The van der Waals surface area contributed by atoms with Gasteiger partial charge in [-0.25, -0.2) is 0 Å². The third-order valence-electron chi connectivity index (χ3n) is 3.12. The maximum atomic E-state index is 11.6. The Morgan fingerprint density at radius 2 is 2.22 bits per heavy atom. The lowest BCUT2D eigenvalue weighted by Gasteiger charge is -2.17. The van der Waals surface area contributed by atoms with Gasteiger partial charge in [0.15, 0.2) is 0 Å². The topological polar surface area (TPSA) is 47.6 Å². The van der Waals surface area contributed by atoms with Gasteiger partial charge in [-0.1, -0.05) is 6.92 Å². The monoisotopic (exact) mass is 249 g/mol. The van der Waals surface area contributed by atoms with Crippen LogP contribution in [-0.4, -0.2) is 19.1 Å². The minimum atomic E-state index is -0.228. The Kier molecular flexibility index (Phi) is 3.75. The van der Waals surface area contributed by atoms with Crippen LogP contribution >= 0.6 is 0 Å². The molecule has 18 heavy (non-hydrogen) atoms. The van der Waals surface area contributed by atoms with Crippen LogP contribution in [0, 0.1) is 0 Å². The lowest BCUT2D eigenvalue weighted by molar-refractivity contribution is -0.149. The Morgan fingerprint density at radius 3 is 2.89 bits per heavy atom. The van der Waals surface area contributed by atoms with E-state index < -0.39 is 0 Å². The molecule has 1 aromatic carbocycles. The van der Waals surface area contributed by atoms with Gasteiger partial charge in [0.1, 0.15) is 11.9 Å². The summed E-state index contributed by atoms with van der Waals surface area (Å²) in [6.07, 6.45) is 1.04.